The lowest BCUT2D eigenvalue weighted by atomic mass is 9.44. The van der Waals surface area contributed by atoms with Crippen molar-refractivity contribution in [2.75, 3.05) is 6.61 Å². The van der Waals surface area contributed by atoms with Crippen LogP contribution in [0.5, 0.6) is 0 Å². The SMILES string of the molecule is CC(C)[C@@H](CCO)C[C@@H](O)[C@@H](C)[C@H]1CC[C@H]2[C@@H]3CC[C@H]4C[C@@H](O[Si](c5ccccc5)(c5ccccc5)C(C)(C)C)CC[C@]4(C)[C@H]3CC[C@]12C. The maximum Gasteiger partial charge on any atom is 0.261 e. The molecule has 0 bridgehead atoms. The molecule has 4 aliphatic carbocycles. The molecule has 0 spiro atoms. The third-order valence-corrected chi connectivity index (χ3v) is 20.8. The number of fused-ring (bicyclic) bond motifs is 5. The van der Waals surface area contributed by atoms with Crippen molar-refractivity contribution < 1.29 is 14.6 Å². The predicted molar refractivity (Wildman–Crippen MR) is 208 cm³/mol. The standard InChI is InChI=1S/C45H70O3Si/c1-31(2)33(25-28-46)29-42(47)32(3)39-21-22-40-38-20-19-34-30-35(23-26-44(34,7)41(38)24-27-45(39,40)8)48-49(43(4,5)6,36-15-11-9-12-16-36)37-17-13-10-14-18-37/h9-18,31-35,38-42,46-47H,19-30H2,1-8H3/t32-,33-,34-,35-,38-,39+,40-,41-,42+,44-,45+/m0/s1. The predicted octanol–water partition coefficient (Wildman–Crippen LogP) is 9.63. The maximum atomic E-state index is 11.6. The van der Waals surface area contributed by atoms with Gasteiger partial charge in [-0.3, -0.25) is 0 Å². The smallest absolute Gasteiger partial charge is 0.261 e. The second kappa shape index (κ2) is 14.5. The summed E-state index contributed by atoms with van der Waals surface area (Å²) in [5.74, 6) is 5.03. The summed E-state index contributed by atoms with van der Waals surface area (Å²) >= 11 is 0. The molecule has 49 heavy (non-hydrogen) atoms. The van der Waals surface area contributed by atoms with E-state index >= 15 is 0 Å². The van der Waals surface area contributed by atoms with E-state index in [-0.39, 0.29) is 17.7 Å². The fraction of sp³-hybridized carbons (Fsp3) is 0.733. The summed E-state index contributed by atoms with van der Waals surface area (Å²) in [7, 11) is -2.56. The Hall–Kier alpha value is -1.46. The Balaban J connectivity index is 1.18. The van der Waals surface area contributed by atoms with E-state index < -0.39 is 8.32 Å². The Labute approximate surface area is 301 Å². The van der Waals surface area contributed by atoms with E-state index in [9.17, 15) is 10.2 Å². The van der Waals surface area contributed by atoms with Crippen LogP contribution in [0.3, 0.4) is 0 Å². The van der Waals surface area contributed by atoms with Gasteiger partial charge < -0.3 is 14.6 Å². The van der Waals surface area contributed by atoms with Crippen molar-refractivity contribution in [3.63, 3.8) is 0 Å². The van der Waals surface area contributed by atoms with Crippen LogP contribution in [-0.2, 0) is 4.43 Å². The zero-order chi connectivity index (χ0) is 35.2. The number of benzene rings is 2. The highest BCUT2D eigenvalue weighted by atomic mass is 28.4. The Morgan fingerprint density at radius 2 is 1.39 bits per heavy atom. The van der Waals surface area contributed by atoms with Gasteiger partial charge in [-0.05, 0) is 144 Å². The number of rotatable bonds is 11. The minimum absolute atomic E-state index is 0.0141. The molecule has 4 fully saturated rings. The average Bonchev–Trinajstić information content (AvgIpc) is 3.44. The van der Waals surface area contributed by atoms with E-state index in [1.54, 1.807) is 0 Å². The van der Waals surface area contributed by atoms with E-state index in [4.69, 9.17) is 4.43 Å². The molecule has 0 saturated heterocycles. The van der Waals surface area contributed by atoms with Crippen LogP contribution in [0, 0.1) is 58.2 Å². The quantitative estimate of drug-likeness (QED) is 0.232. The Kier molecular flexibility index (Phi) is 11.0. The molecule has 3 nitrogen and oxygen atoms in total. The number of hydrogen-bond donors (Lipinski definition) is 2. The molecule has 0 radical (unpaired) electrons. The summed E-state index contributed by atoms with van der Waals surface area (Å²) in [6.45, 7) is 19.7. The molecule has 2 aromatic carbocycles. The molecular formula is C45H70O3Si. The van der Waals surface area contributed by atoms with Crippen molar-refractivity contribution in [1.82, 2.24) is 0 Å². The fourth-order valence-electron chi connectivity index (χ4n) is 12.9. The molecule has 4 saturated carbocycles. The van der Waals surface area contributed by atoms with E-state index in [2.05, 4.69) is 116 Å². The van der Waals surface area contributed by atoms with Gasteiger partial charge in [-0.1, -0.05) is 116 Å². The van der Waals surface area contributed by atoms with Crippen molar-refractivity contribution in [2.24, 2.45) is 58.2 Å². The van der Waals surface area contributed by atoms with Gasteiger partial charge in [-0.25, -0.2) is 0 Å². The molecule has 6 rings (SSSR count). The molecule has 11 atom stereocenters. The topological polar surface area (TPSA) is 49.7 Å². The Morgan fingerprint density at radius 3 is 1.96 bits per heavy atom. The van der Waals surface area contributed by atoms with Crippen LogP contribution in [0.1, 0.15) is 126 Å². The average molecular weight is 687 g/mol. The minimum atomic E-state index is -2.56. The monoisotopic (exact) mass is 687 g/mol. The van der Waals surface area contributed by atoms with Crippen LogP contribution in [0.15, 0.2) is 60.7 Å². The van der Waals surface area contributed by atoms with Crippen molar-refractivity contribution in [1.29, 1.82) is 0 Å². The number of hydrogen-bond acceptors (Lipinski definition) is 3. The van der Waals surface area contributed by atoms with Gasteiger partial charge in [-0.2, -0.15) is 0 Å². The maximum absolute atomic E-state index is 11.6. The molecule has 0 unspecified atom stereocenters. The molecule has 4 aliphatic rings. The summed E-state index contributed by atoms with van der Waals surface area (Å²) < 4.78 is 7.75. The van der Waals surface area contributed by atoms with Crippen molar-refractivity contribution in [2.45, 2.75) is 143 Å². The largest absolute Gasteiger partial charge is 0.404 e. The van der Waals surface area contributed by atoms with Crippen LogP contribution in [0.25, 0.3) is 0 Å². The zero-order valence-corrected chi connectivity index (χ0v) is 33.3. The molecule has 2 N–H and O–H groups in total. The van der Waals surface area contributed by atoms with Gasteiger partial charge in [0.15, 0.2) is 0 Å². The summed E-state index contributed by atoms with van der Waals surface area (Å²) in [5.41, 5.74) is 0.756. The molecule has 2 aromatic rings. The van der Waals surface area contributed by atoms with E-state index in [1.165, 1.54) is 68.2 Å². The molecule has 0 aromatic heterocycles. The first-order valence-electron chi connectivity index (χ1n) is 20.3. The lowest BCUT2D eigenvalue weighted by Gasteiger charge is -2.62. The third kappa shape index (κ3) is 6.68. The molecule has 0 heterocycles. The molecule has 0 amide bonds. The summed E-state index contributed by atoms with van der Waals surface area (Å²) in [6, 6.07) is 22.5. The van der Waals surface area contributed by atoms with Crippen LogP contribution >= 0.6 is 0 Å². The Morgan fingerprint density at radius 1 is 0.796 bits per heavy atom. The number of aliphatic hydroxyl groups excluding tert-OH is 2. The van der Waals surface area contributed by atoms with E-state index in [0.29, 0.717) is 40.6 Å². The van der Waals surface area contributed by atoms with E-state index in [1.807, 2.05) is 0 Å². The van der Waals surface area contributed by atoms with Gasteiger partial charge in [0.1, 0.15) is 0 Å². The highest BCUT2D eigenvalue weighted by molar-refractivity contribution is 6.99. The van der Waals surface area contributed by atoms with Crippen molar-refractivity contribution >= 4 is 18.7 Å². The summed E-state index contributed by atoms with van der Waals surface area (Å²) in [4.78, 5) is 0. The van der Waals surface area contributed by atoms with Crippen LogP contribution in [0.4, 0.5) is 0 Å². The summed E-state index contributed by atoms with van der Waals surface area (Å²) in [6.07, 6.45) is 13.4. The van der Waals surface area contributed by atoms with Gasteiger partial charge in [-0.15, -0.1) is 0 Å². The van der Waals surface area contributed by atoms with E-state index in [0.717, 1.165) is 36.5 Å². The summed E-state index contributed by atoms with van der Waals surface area (Å²) in [5, 5.41) is 24.0. The van der Waals surface area contributed by atoms with Gasteiger partial charge in [0.05, 0.1) is 6.10 Å². The highest BCUT2D eigenvalue weighted by Gasteiger charge is 2.62. The molecule has 4 heteroatoms. The molecule has 272 valence electrons. The molecule has 0 aliphatic heterocycles. The first-order valence-corrected chi connectivity index (χ1v) is 22.2. The second-order valence-corrected chi connectivity index (χ2v) is 23.5. The van der Waals surface area contributed by atoms with Gasteiger partial charge in [0.25, 0.3) is 8.32 Å². The normalized spacial score (nSPS) is 35.2. The first kappa shape index (κ1) is 37.3. The lowest BCUT2D eigenvalue weighted by Crippen LogP contribution is -2.68. The van der Waals surface area contributed by atoms with Gasteiger partial charge in [0.2, 0.25) is 0 Å². The number of aliphatic hydroxyl groups is 2. The van der Waals surface area contributed by atoms with Crippen LogP contribution in [-0.4, -0.2) is 37.3 Å². The van der Waals surface area contributed by atoms with Gasteiger partial charge >= 0.3 is 0 Å². The fourth-order valence-corrected chi connectivity index (χ4v) is 17.6. The Bertz CT molecular complexity index is 1310. The van der Waals surface area contributed by atoms with Crippen molar-refractivity contribution in [3.8, 4) is 0 Å². The second-order valence-electron chi connectivity index (χ2n) is 19.2. The molecular weight excluding hydrogens is 617 g/mol. The first-order chi connectivity index (χ1) is 23.3. The third-order valence-electron chi connectivity index (χ3n) is 15.7. The lowest BCUT2D eigenvalue weighted by molar-refractivity contribution is -0.130. The highest BCUT2D eigenvalue weighted by Crippen LogP contribution is 2.68. The van der Waals surface area contributed by atoms with Crippen LogP contribution < -0.4 is 10.4 Å². The minimum Gasteiger partial charge on any atom is -0.404 e. The zero-order valence-electron chi connectivity index (χ0n) is 32.3. The van der Waals surface area contributed by atoms with Gasteiger partial charge in [0, 0.05) is 12.7 Å². The van der Waals surface area contributed by atoms with Crippen molar-refractivity contribution in [3.05, 3.63) is 60.7 Å². The van der Waals surface area contributed by atoms with Crippen LogP contribution in [0.2, 0.25) is 5.04 Å².